The number of halogens is 1. The Morgan fingerprint density at radius 2 is 1.58 bits per heavy atom. The van der Waals surface area contributed by atoms with E-state index < -0.39 is 0 Å². The lowest BCUT2D eigenvalue weighted by Crippen LogP contribution is -2.47. The van der Waals surface area contributed by atoms with Crippen LogP contribution in [0, 0.1) is 0 Å². The number of aromatic nitrogens is 2. The summed E-state index contributed by atoms with van der Waals surface area (Å²) in [4.78, 5) is 27.9. The average molecular weight is 372 g/mol. The van der Waals surface area contributed by atoms with Gasteiger partial charge in [-0.1, -0.05) is 11.6 Å². The van der Waals surface area contributed by atoms with Crippen molar-refractivity contribution in [3.05, 3.63) is 47.2 Å². The summed E-state index contributed by atoms with van der Waals surface area (Å²) in [6.07, 6.45) is 5.62. The van der Waals surface area contributed by atoms with Crippen molar-refractivity contribution in [2.45, 2.75) is 12.8 Å². The molecule has 2 aromatic rings. The van der Waals surface area contributed by atoms with E-state index in [0.717, 1.165) is 69.3 Å². The van der Waals surface area contributed by atoms with E-state index >= 15 is 0 Å². The number of anilines is 2. The minimum absolute atomic E-state index is 0.121. The predicted molar refractivity (Wildman–Crippen MR) is 103 cm³/mol. The molecule has 2 fully saturated rings. The summed E-state index contributed by atoms with van der Waals surface area (Å²) in [5.41, 5.74) is 0.735. The van der Waals surface area contributed by atoms with E-state index in [4.69, 9.17) is 11.6 Å². The molecule has 6 nitrogen and oxygen atoms in total. The standard InChI is InChI=1S/C19H22ClN5O/c20-16-3-4-17(22-14-16)23-9-11-24(12-10-23)18-13-15(5-6-21-18)19(26)25-7-1-2-8-25/h3-6,13-14H,1-2,7-12H2. The van der Waals surface area contributed by atoms with Gasteiger partial charge in [-0.2, -0.15) is 0 Å². The van der Waals surface area contributed by atoms with E-state index in [9.17, 15) is 4.79 Å². The number of piperazine rings is 1. The van der Waals surface area contributed by atoms with Gasteiger partial charge in [0.1, 0.15) is 11.6 Å². The topological polar surface area (TPSA) is 52.6 Å². The fourth-order valence-corrected chi connectivity index (χ4v) is 3.66. The van der Waals surface area contributed by atoms with Gasteiger partial charge in [-0.3, -0.25) is 4.79 Å². The Hall–Kier alpha value is -2.34. The molecule has 136 valence electrons. The van der Waals surface area contributed by atoms with Gasteiger partial charge >= 0.3 is 0 Å². The van der Waals surface area contributed by atoms with Crippen molar-refractivity contribution >= 4 is 29.1 Å². The molecule has 2 aliphatic rings. The number of amides is 1. The second-order valence-corrected chi connectivity index (χ2v) is 7.15. The molecule has 0 N–H and O–H groups in total. The summed E-state index contributed by atoms with van der Waals surface area (Å²) >= 11 is 5.91. The highest BCUT2D eigenvalue weighted by atomic mass is 35.5. The first kappa shape index (κ1) is 17.1. The maximum Gasteiger partial charge on any atom is 0.254 e. The molecule has 7 heteroatoms. The van der Waals surface area contributed by atoms with Crippen LogP contribution in [0.5, 0.6) is 0 Å². The monoisotopic (exact) mass is 371 g/mol. The first-order chi connectivity index (χ1) is 12.7. The fourth-order valence-electron chi connectivity index (χ4n) is 3.55. The number of carbonyl (C=O) groups excluding carboxylic acids is 1. The Morgan fingerprint density at radius 1 is 0.885 bits per heavy atom. The third kappa shape index (κ3) is 3.60. The molecular weight excluding hydrogens is 350 g/mol. The van der Waals surface area contributed by atoms with Gasteiger partial charge in [0.25, 0.3) is 5.91 Å². The molecule has 0 aliphatic carbocycles. The Labute approximate surface area is 158 Å². The van der Waals surface area contributed by atoms with Crippen molar-refractivity contribution in [3.8, 4) is 0 Å². The highest BCUT2D eigenvalue weighted by Gasteiger charge is 2.22. The maximum absolute atomic E-state index is 12.6. The lowest BCUT2D eigenvalue weighted by Gasteiger charge is -2.36. The van der Waals surface area contributed by atoms with Crippen molar-refractivity contribution in [2.24, 2.45) is 0 Å². The Bertz CT molecular complexity index is 768. The van der Waals surface area contributed by atoms with E-state index in [2.05, 4.69) is 19.8 Å². The van der Waals surface area contributed by atoms with Crippen molar-refractivity contribution in [2.75, 3.05) is 49.1 Å². The van der Waals surface area contributed by atoms with Crippen LogP contribution in [-0.4, -0.2) is 60.0 Å². The van der Waals surface area contributed by atoms with Crippen LogP contribution >= 0.6 is 11.6 Å². The summed E-state index contributed by atoms with van der Waals surface area (Å²) in [6.45, 7) is 5.14. The van der Waals surface area contributed by atoms with Crippen molar-refractivity contribution in [1.82, 2.24) is 14.9 Å². The minimum Gasteiger partial charge on any atom is -0.353 e. The van der Waals surface area contributed by atoms with Gasteiger partial charge in [-0.15, -0.1) is 0 Å². The number of carbonyl (C=O) groups is 1. The maximum atomic E-state index is 12.6. The van der Waals surface area contributed by atoms with Crippen LogP contribution in [0.1, 0.15) is 23.2 Å². The van der Waals surface area contributed by atoms with Crippen LogP contribution in [0.2, 0.25) is 5.02 Å². The molecule has 0 unspecified atom stereocenters. The molecule has 0 radical (unpaired) electrons. The van der Waals surface area contributed by atoms with E-state index in [1.807, 2.05) is 29.2 Å². The van der Waals surface area contributed by atoms with Gasteiger partial charge in [-0.05, 0) is 37.1 Å². The third-order valence-electron chi connectivity index (χ3n) is 5.03. The first-order valence-electron chi connectivity index (χ1n) is 9.07. The number of pyridine rings is 2. The molecule has 1 amide bonds. The number of hydrogen-bond acceptors (Lipinski definition) is 5. The molecule has 0 aromatic carbocycles. The lowest BCUT2D eigenvalue weighted by molar-refractivity contribution is 0.0792. The van der Waals surface area contributed by atoms with Gasteiger partial charge in [0.15, 0.2) is 0 Å². The van der Waals surface area contributed by atoms with Crippen LogP contribution in [0.15, 0.2) is 36.7 Å². The molecule has 4 heterocycles. The van der Waals surface area contributed by atoms with E-state index in [0.29, 0.717) is 5.02 Å². The van der Waals surface area contributed by atoms with Crippen LogP contribution in [-0.2, 0) is 0 Å². The van der Waals surface area contributed by atoms with Crippen LogP contribution in [0.4, 0.5) is 11.6 Å². The zero-order valence-electron chi connectivity index (χ0n) is 14.6. The van der Waals surface area contributed by atoms with Crippen LogP contribution in [0.25, 0.3) is 0 Å². The summed E-state index contributed by atoms with van der Waals surface area (Å²) in [6, 6.07) is 7.56. The summed E-state index contributed by atoms with van der Waals surface area (Å²) in [7, 11) is 0. The molecule has 2 saturated heterocycles. The van der Waals surface area contributed by atoms with Gasteiger partial charge in [0, 0.05) is 57.2 Å². The third-order valence-corrected chi connectivity index (χ3v) is 5.25. The second-order valence-electron chi connectivity index (χ2n) is 6.71. The molecule has 2 aliphatic heterocycles. The normalized spacial score (nSPS) is 17.7. The first-order valence-corrected chi connectivity index (χ1v) is 9.45. The lowest BCUT2D eigenvalue weighted by atomic mass is 10.2. The highest BCUT2D eigenvalue weighted by Crippen LogP contribution is 2.21. The quantitative estimate of drug-likeness (QED) is 0.830. The largest absolute Gasteiger partial charge is 0.353 e. The molecule has 0 spiro atoms. The summed E-state index contributed by atoms with van der Waals surface area (Å²) in [5, 5.41) is 0.649. The van der Waals surface area contributed by atoms with Gasteiger partial charge in [0.2, 0.25) is 0 Å². The zero-order valence-corrected chi connectivity index (χ0v) is 15.4. The average Bonchev–Trinajstić information content (AvgIpc) is 3.23. The number of nitrogens with zero attached hydrogens (tertiary/aromatic N) is 5. The molecule has 0 bridgehead atoms. The van der Waals surface area contributed by atoms with Gasteiger partial charge < -0.3 is 14.7 Å². The number of likely N-dealkylation sites (tertiary alicyclic amines) is 1. The van der Waals surface area contributed by atoms with Gasteiger partial charge in [0.05, 0.1) is 5.02 Å². The van der Waals surface area contributed by atoms with Crippen molar-refractivity contribution in [1.29, 1.82) is 0 Å². The number of rotatable bonds is 3. The molecule has 0 saturated carbocycles. The highest BCUT2D eigenvalue weighted by molar-refractivity contribution is 6.30. The molecule has 2 aromatic heterocycles. The zero-order chi connectivity index (χ0) is 17.9. The minimum atomic E-state index is 0.121. The van der Waals surface area contributed by atoms with Crippen molar-refractivity contribution in [3.63, 3.8) is 0 Å². The Morgan fingerprint density at radius 3 is 2.23 bits per heavy atom. The van der Waals surface area contributed by atoms with Gasteiger partial charge in [-0.25, -0.2) is 9.97 Å². The van der Waals surface area contributed by atoms with E-state index in [1.54, 1.807) is 12.4 Å². The van der Waals surface area contributed by atoms with Crippen LogP contribution in [0.3, 0.4) is 0 Å². The Balaban J connectivity index is 1.42. The number of hydrogen-bond donors (Lipinski definition) is 0. The molecular formula is C19H22ClN5O. The SMILES string of the molecule is O=C(c1ccnc(N2CCN(c3ccc(Cl)cn3)CC2)c1)N1CCCC1. The predicted octanol–water partition coefficient (Wildman–Crippen LogP) is 2.69. The van der Waals surface area contributed by atoms with Crippen molar-refractivity contribution < 1.29 is 4.79 Å². The summed E-state index contributed by atoms with van der Waals surface area (Å²) in [5.74, 6) is 1.94. The van der Waals surface area contributed by atoms with Crippen LogP contribution < -0.4 is 9.80 Å². The smallest absolute Gasteiger partial charge is 0.254 e. The fraction of sp³-hybridized carbons (Fsp3) is 0.421. The molecule has 4 rings (SSSR count). The molecule has 26 heavy (non-hydrogen) atoms. The Kier molecular flexibility index (Phi) is 4.93. The summed E-state index contributed by atoms with van der Waals surface area (Å²) < 4.78 is 0. The van der Waals surface area contributed by atoms with E-state index in [-0.39, 0.29) is 5.91 Å². The molecule has 0 atom stereocenters. The van der Waals surface area contributed by atoms with E-state index in [1.165, 1.54) is 0 Å². The second kappa shape index (κ2) is 7.50.